The van der Waals surface area contributed by atoms with Crippen molar-refractivity contribution in [1.82, 2.24) is 5.32 Å². The van der Waals surface area contributed by atoms with Gasteiger partial charge in [-0.15, -0.1) is 0 Å². The van der Waals surface area contributed by atoms with E-state index in [2.05, 4.69) is 5.32 Å². The number of rotatable bonds is 7. The van der Waals surface area contributed by atoms with E-state index < -0.39 is 0 Å². The smallest absolute Gasteiger partial charge is 0.246 e. The standard InChI is InChI=1S/C17H23NO4/c1-20-10-14-16(13-7-8-22-17(13)14)18-15(19)11-21-9-12-5-3-2-4-6-12/h2-6,13-14,16-17H,7-11H2,1H3,(H,18,19)/t13-,14+,16-,17-/m1/s1. The molecule has 1 heterocycles. The zero-order valence-electron chi connectivity index (χ0n) is 12.9. The number of carbonyl (C=O) groups is 1. The average Bonchev–Trinajstić information content (AvgIpc) is 2.96. The molecular weight excluding hydrogens is 282 g/mol. The first-order chi connectivity index (χ1) is 10.8. The van der Waals surface area contributed by atoms with Gasteiger partial charge in [0.15, 0.2) is 0 Å². The lowest BCUT2D eigenvalue weighted by Crippen LogP contribution is -2.63. The molecule has 1 saturated heterocycles. The van der Waals surface area contributed by atoms with Gasteiger partial charge in [-0.05, 0) is 12.0 Å². The Kier molecular flexibility index (Phi) is 5.08. The Balaban J connectivity index is 1.43. The van der Waals surface area contributed by atoms with Crippen molar-refractivity contribution in [3.8, 4) is 0 Å². The molecule has 2 fully saturated rings. The molecule has 0 radical (unpaired) electrons. The summed E-state index contributed by atoms with van der Waals surface area (Å²) in [6.45, 7) is 1.95. The molecule has 1 saturated carbocycles. The van der Waals surface area contributed by atoms with Crippen LogP contribution in [-0.4, -0.2) is 45.0 Å². The first kappa shape index (κ1) is 15.5. The van der Waals surface area contributed by atoms with Gasteiger partial charge in [-0.1, -0.05) is 30.3 Å². The molecule has 120 valence electrons. The van der Waals surface area contributed by atoms with Gasteiger partial charge in [-0.25, -0.2) is 0 Å². The van der Waals surface area contributed by atoms with Crippen LogP contribution in [0.15, 0.2) is 30.3 Å². The summed E-state index contributed by atoms with van der Waals surface area (Å²) in [7, 11) is 1.68. The molecule has 1 aromatic rings. The Morgan fingerprint density at radius 3 is 2.95 bits per heavy atom. The summed E-state index contributed by atoms with van der Waals surface area (Å²) in [6, 6.07) is 10.0. The second-order valence-electron chi connectivity index (χ2n) is 5.98. The number of nitrogens with one attached hydrogen (secondary N) is 1. The highest BCUT2D eigenvalue weighted by Gasteiger charge is 2.54. The first-order valence-electron chi connectivity index (χ1n) is 7.81. The molecular formula is C17H23NO4. The minimum atomic E-state index is -0.0626. The predicted molar refractivity (Wildman–Crippen MR) is 81.2 cm³/mol. The maximum atomic E-state index is 12.1. The normalized spacial score (nSPS) is 29.7. The van der Waals surface area contributed by atoms with E-state index in [-0.39, 0.29) is 30.6 Å². The van der Waals surface area contributed by atoms with Crippen LogP contribution in [0.25, 0.3) is 0 Å². The molecule has 0 bridgehead atoms. The third-order valence-corrected chi connectivity index (χ3v) is 4.56. The average molecular weight is 305 g/mol. The monoisotopic (exact) mass is 305 g/mol. The molecule has 1 amide bonds. The zero-order valence-corrected chi connectivity index (χ0v) is 12.9. The van der Waals surface area contributed by atoms with E-state index in [1.165, 1.54) is 0 Å². The van der Waals surface area contributed by atoms with Gasteiger partial charge in [0.1, 0.15) is 6.61 Å². The van der Waals surface area contributed by atoms with Crippen LogP contribution in [0.1, 0.15) is 12.0 Å². The number of hydrogen-bond donors (Lipinski definition) is 1. The largest absolute Gasteiger partial charge is 0.384 e. The number of hydrogen-bond acceptors (Lipinski definition) is 4. The Hall–Kier alpha value is -1.43. The molecule has 0 aromatic heterocycles. The summed E-state index contributed by atoms with van der Waals surface area (Å²) in [5, 5.41) is 3.09. The number of benzene rings is 1. The van der Waals surface area contributed by atoms with Crippen molar-refractivity contribution in [2.75, 3.05) is 26.9 Å². The summed E-state index contributed by atoms with van der Waals surface area (Å²) >= 11 is 0. The molecule has 22 heavy (non-hydrogen) atoms. The fourth-order valence-electron chi connectivity index (χ4n) is 3.50. The minimum Gasteiger partial charge on any atom is -0.384 e. The van der Waals surface area contributed by atoms with E-state index in [1.807, 2.05) is 30.3 Å². The van der Waals surface area contributed by atoms with Gasteiger partial charge in [0, 0.05) is 31.6 Å². The maximum Gasteiger partial charge on any atom is 0.246 e. The Bertz CT molecular complexity index is 493. The van der Waals surface area contributed by atoms with Gasteiger partial charge in [0.25, 0.3) is 0 Å². The van der Waals surface area contributed by atoms with Gasteiger partial charge in [-0.2, -0.15) is 0 Å². The van der Waals surface area contributed by atoms with Crippen molar-refractivity contribution < 1.29 is 19.0 Å². The summed E-state index contributed by atoms with van der Waals surface area (Å²) < 4.78 is 16.4. The van der Waals surface area contributed by atoms with Crippen molar-refractivity contribution in [2.45, 2.75) is 25.2 Å². The van der Waals surface area contributed by atoms with Crippen LogP contribution in [0, 0.1) is 11.8 Å². The van der Waals surface area contributed by atoms with Gasteiger partial charge >= 0.3 is 0 Å². The van der Waals surface area contributed by atoms with Gasteiger partial charge in [-0.3, -0.25) is 4.79 Å². The van der Waals surface area contributed by atoms with Crippen molar-refractivity contribution in [1.29, 1.82) is 0 Å². The Morgan fingerprint density at radius 1 is 1.36 bits per heavy atom. The van der Waals surface area contributed by atoms with Crippen LogP contribution >= 0.6 is 0 Å². The van der Waals surface area contributed by atoms with Crippen LogP contribution in [0.2, 0.25) is 0 Å². The fourth-order valence-corrected chi connectivity index (χ4v) is 3.50. The highest BCUT2D eigenvalue weighted by molar-refractivity contribution is 5.77. The Morgan fingerprint density at radius 2 is 2.18 bits per heavy atom. The second-order valence-corrected chi connectivity index (χ2v) is 5.98. The number of fused-ring (bicyclic) bond motifs is 1. The summed E-state index contributed by atoms with van der Waals surface area (Å²) in [4.78, 5) is 12.1. The van der Waals surface area contributed by atoms with E-state index in [4.69, 9.17) is 14.2 Å². The molecule has 3 rings (SSSR count). The molecule has 1 aliphatic heterocycles. The third kappa shape index (κ3) is 3.32. The quantitative estimate of drug-likeness (QED) is 0.826. The maximum absolute atomic E-state index is 12.1. The SMILES string of the molecule is COC[C@H]1[C@H](NC(=O)COCc2ccccc2)[C@H]2CCO[C@H]21. The molecule has 1 N–H and O–H groups in total. The fraction of sp³-hybridized carbons (Fsp3) is 0.588. The van der Waals surface area contributed by atoms with Crippen LogP contribution in [0.5, 0.6) is 0 Å². The number of ether oxygens (including phenoxy) is 3. The van der Waals surface area contributed by atoms with E-state index >= 15 is 0 Å². The van der Waals surface area contributed by atoms with Crippen molar-refractivity contribution >= 4 is 5.91 Å². The van der Waals surface area contributed by atoms with Crippen molar-refractivity contribution in [3.05, 3.63) is 35.9 Å². The zero-order chi connectivity index (χ0) is 15.4. The lowest BCUT2D eigenvalue weighted by molar-refractivity contribution is -0.134. The van der Waals surface area contributed by atoms with Crippen LogP contribution in [0.3, 0.4) is 0 Å². The highest BCUT2D eigenvalue weighted by atomic mass is 16.5. The van der Waals surface area contributed by atoms with Gasteiger partial charge < -0.3 is 19.5 Å². The van der Waals surface area contributed by atoms with Crippen LogP contribution in [0.4, 0.5) is 0 Å². The number of carbonyl (C=O) groups excluding carboxylic acids is 1. The first-order valence-corrected chi connectivity index (χ1v) is 7.81. The van der Waals surface area contributed by atoms with Gasteiger partial charge in [0.2, 0.25) is 5.91 Å². The molecule has 5 nitrogen and oxygen atoms in total. The molecule has 5 heteroatoms. The van der Waals surface area contributed by atoms with E-state index in [9.17, 15) is 4.79 Å². The summed E-state index contributed by atoms with van der Waals surface area (Å²) in [5.74, 6) is 0.626. The topological polar surface area (TPSA) is 56.8 Å². The minimum absolute atomic E-state index is 0.0626. The van der Waals surface area contributed by atoms with Crippen LogP contribution < -0.4 is 5.32 Å². The molecule has 0 spiro atoms. The predicted octanol–water partition coefficient (Wildman–Crippen LogP) is 1.37. The van der Waals surface area contributed by atoms with Crippen molar-refractivity contribution in [3.63, 3.8) is 0 Å². The number of methoxy groups -OCH3 is 1. The number of amides is 1. The van der Waals surface area contributed by atoms with Crippen LogP contribution in [-0.2, 0) is 25.6 Å². The molecule has 2 aliphatic rings. The highest BCUT2D eigenvalue weighted by Crippen LogP contribution is 2.43. The molecule has 1 aliphatic carbocycles. The second kappa shape index (κ2) is 7.22. The molecule has 0 unspecified atom stereocenters. The Labute approximate surface area is 130 Å². The third-order valence-electron chi connectivity index (χ3n) is 4.56. The van der Waals surface area contributed by atoms with E-state index in [1.54, 1.807) is 7.11 Å². The molecule has 4 atom stereocenters. The summed E-state index contributed by atoms with van der Waals surface area (Å²) in [5.41, 5.74) is 1.07. The lowest BCUT2D eigenvalue weighted by atomic mass is 9.67. The van der Waals surface area contributed by atoms with E-state index in [0.717, 1.165) is 18.6 Å². The lowest BCUT2D eigenvalue weighted by Gasteiger charge is -2.47. The van der Waals surface area contributed by atoms with Crippen molar-refractivity contribution in [2.24, 2.45) is 11.8 Å². The summed E-state index contributed by atoms with van der Waals surface area (Å²) in [6.07, 6.45) is 1.26. The van der Waals surface area contributed by atoms with E-state index in [0.29, 0.717) is 19.1 Å². The van der Waals surface area contributed by atoms with Gasteiger partial charge in [0.05, 0.1) is 19.3 Å². The molecule has 1 aromatic carbocycles.